The van der Waals surface area contributed by atoms with Crippen LogP contribution < -0.4 is 4.74 Å². The number of fused-ring (bicyclic) bond motifs is 1. The zero-order valence-electron chi connectivity index (χ0n) is 12.5. The summed E-state index contributed by atoms with van der Waals surface area (Å²) in [6.45, 7) is 4.11. The maximum absolute atomic E-state index is 10.9. The van der Waals surface area contributed by atoms with Crippen molar-refractivity contribution in [1.82, 2.24) is 9.78 Å². The number of ether oxygens (including phenoxy) is 1. The molecule has 0 fully saturated rings. The van der Waals surface area contributed by atoms with Crippen molar-refractivity contribution in [3.8, 4) is 5.75 Å². The summed E-state index contributed by atoms with van der Waals surface area (Å²) >= 11 is 1.80. The van der Waals surface area contributed by atoms with Gasteiger partial charge in [0.2, 0.25) is 0 Å². The summed E-state index contributed by atoms with van der Waals surface area (Å²) in [5.41, 5.74) is 1.99. The smallest absolute Gasteiger partial charge is 0.162 e. The zero-order valence-corrected chi connectivity index (χ0v) is 13.3. The quantitative estimate of drug-likeness (QED) is 0.940. The van der Waals surface area contributed by atoms with Gasteiger partial charge in [-0.05, 0) is 25.5 Å². The standard InChI is InChI=1S/C16H20N2O2S/c1-10(2)18-15(13(20-3)8-17-18)16(19)12-9-21-14-7-5-4-6-11(12)14/h4-8,10,12,16,19H,9H2,1-3H3. The van der Waals surface area contributed by atoms with Gasteiger partial charge >= 0.3 is 0 Å². The second-order valence-electron chi connectivity index (χ2n) is 5.54. The Hall–Kier alpha value is -1.46. The molecule has 1 aliphatic rings. The molecule has 112 valence electrons. The number of aliphatic hydroxyl groups is 1. The van der Waals surface area contributed by atoms with E-state index in [0.29, 0.717) is 5.75 Å². The lowest BCUT2D eigenvalue weighted by Crippen LogP contribution is -2.17. The van der Waals surface area contributed by atoms with Gasteiger partial charge < -0.3 is 9.84 Å². The highest BCUT2D eigenvalue weighted by Gasteiger charge is 2.34. The van der Waals surface area contributed by atoms with Crippen LogP contribution in [0.15, 0.2) is 35.4 Å². The van der Waals surface area contributed by atoms with Crippen LogP contribution >= 0.6 is 11.8 Å². The largest absolute Gasteiger partial charge is 0.493 e. The molecule has 5 heteroatoms. The minimum Gasteiger partial charge on any atom is -0.493 e. The van der Waals surface area contributed by atoms with Crippen LogP contribution in [0.3, 0.4) is 0 Å². The summed E-state index contributed by atoms with van der Waals surface area (Å²) in [7, 11) is 1.62. The van der Waals surface area contributed by atoms with Crippen LogP contribution in [0.2, 0.25) is 0 Å². The van der Waals surface area contributed by atoms with Crippen molar-refractivity contribution in [2.45, 2.75) is 36.8 Å². The molecule has 1 aromatic heterocycles. The van der Waals surface area contributed by atoms with Crippen molar-refractivity contribution >= 4 is 11.8 Å². The summed E-state index contributed by atoms with van der Waals surface area (Å²) in [5, 5.41) is 15.3. The molecule has 0 aliphatic carbocycles. The first-order valence-electron chi connectivity index (χ1n) is 7.14. The third-order valence-corrected chi connectivity index (χ3v) is 5.11. The van der Waals surface area contributed by atoms with E-state index in [4.69, 9.17) is 4.74 Å². The number of methoxy groups -OCH3 is 1. The number of aromatic nitrogens is 2. The van der Waals surface area contributed by atoms with Gasteiger partial charge in [0.1, 0.15) is 11.8 Å². The van der Waals surface area contributed by atoms with Gasteiger partial charge in [0, 0.05) is 22.6 Å². The zero-order chi connectivity index (χ0) is 15.0. The number of hydrogen-bond acceptors (Lipinski definition) is 4. The summed E-state index contributed by atoms with van der Waals surface area (Å²) in [4.78, 5) is 1.26. The van der Waals surface area contributed by atoms with Gasteiger partial charge in [-0.1, -0.05) is 18.2 Å². The van der Waals surface area contributed by atoms with E-state index in [1.165, 1.54) is 10.5 Å². The fourth-order valence-corrected chi connectivity index (χ4v) is 4.13. The topological polar surface area (TPSA) is 47.3 Å². The molecular formula is C16H20N2O2S. The second kappa shape index (κ2) is 5.73. The Morgan fingerprint density at radius 3 is 2.86 bits per heavy atom. The van der Waals surface area contributed by atoms with E-state index in [1.807, 2.05) is 16.8 Å². The summed E-state index contributed by atoms with van der Waals surface area (Å²) < 4.78 is 7.25. The molecule has 2 aromatic rings. The van der Waals surface area contributed by atoms with E-state index in [2.05, 4.69) is 31.1 Å². The van der Waals surface area contributed by atoms with Gasteiger partial charge in [-0.2, -0.15) is 5.10 Å². The summed E-state index contributed by atoms with van der Waals surface area (Å²) in [6.07, 6.45) is 1.08. The van der Waals surface area contributed by atoms with Gasteiger partial charge in [0.15, 0.2) is 5.75 Å². The molecular weight excluding hydrogens is 284 g/mol. The Morgan fingerprint density at radius 2 is 2.14 bits per heavy atom. The molecule has 4 nitrogen and oxygen atoms in total. The molecule has 3 rings (SSSR count). The van der Waals surface area contributed by atoms with Gasteiger partial charge in [-0.3, -0.25) is 4.68 Å². The number of rotatable bonds is 4. The molecule has 1 aromatic carbocycles. The van der Waals surface area contributed by atoms with Crippen molar-refractivity contribution in [3.05, 3.63) is 41.7 Å². The number of thioether (sulfide) groups is 1. The van der Waals surface area contributed by atoms with Crippen LogP contribution in [0.4, 0.5) is 0 Å². The lowest BCUT2D eigenvalue weighted by molar-refractivity contribution is 0.137. The maximum atomic E-state index is 10.9. The first-order valence-corrected chi connectivity index (χ1v) is 8.13. The van der Waals surface area contributed by atoms with Gasteiger partial charge in [0.25, 0.3) is 0 Å². The lowest BCUT2D eigenvalue weighted by Gasteiger charge is -2.22. The predicted octanol–water partition coefficient (Wildman–Crippen LogP) is 3.40. The first kappa shape index (κ1) is 14.5. The summed E-state index contributed by atoms with van der Waals surface area (Å²) in [6, 6.07) is 8.47. The highest BCUT2D eigenvalue weighted by molar-refractivity contribution is 7.99. The fourth-order valence-electron chi connectivity index (χ4n) is 2.85. The SMILES string of the molecule is COc1cnn(C(C)C)c1C(O)C1CSc2ccccc21. The van der Waals surface area contributed by atoms with Crippen LogP contribution in [0.1, 0.15) is 43.2 Å². The summed E-state index contributed by atoms with van der Waals surface area (Å²) in [5.74, 6) is 1.62. The van der Waals surface area contributed by atoms with E-state index < -0.39 is 6.10 Å². The molecule has 0 bridgehead atoms. The highest BCUT2D eigenvalue weighted by Crippen LogP contribution is 2.47. The van der Waals surface area contributed by atoms with Crippen LogP contribution in [0, 0.1) is 0 Å². The van der Waals surface area contributed by atoms with Crippen molar-refractivity contribution in [1.29, 1.82) is 0 Å². The molecule has 0 spiro atoms. The molecule has 21 heavy (non-hydrogen) atoms. The molecule has 1 aliphatic heterocycles. The Bertz CT molecular complexity index is 639. The molecule has 0 saturated carbocycles. The molecule has 0 radical (unpaired) electrons. The average Bonchev–Trinajstić information content (AvgIpc) is 3.10. The van der Waals surface area contributed by atoms with E-state index in [1.54, 1.807) is 25.1 Å². The maximum Gasteiger partial charge on any atom is 0.162 e. The minimum absolute atomic E-state index is 0.0781. The number of aliphatic hydroxyl groups excluding tert-OH is 1. The predicted molar refractivity (Wildman–Crippen MR) is 84.0 cm³/mol. The molecule has 2 atom stereocenters. The van der Waals surface area contributed by atoms with Crippen LogP contribution in [-0.4, -0.2) is 27.7 Å². The van der Waals surface area contributed by atoms with Gasteiger partial charge in [-0.25, -0.2) is 0 Å². The second-order valence-corrected chi connectivity index (χ2v) is 6.60. The van der Waals surface area contributed by atoms with Crippen LogP contribution in [0.5, 0.6) is 5.75 Å². The Labute approximate surface area is 129 Å². The van der Waals surface area contributed by atoms with Gasteiger partial charge in [-0.15, -0.1) is 11.8 Å². The molecule has 1 N–H and O–H groups in total. The Balaban J connectivity index is 2.00. The van der Waals surface area contributed by atoms with Crippen molar-refractivity contribution in [2.75, 3.05) is 12.9 Å². The van der Waals surface area contributed by atoms with Gasteiger partial charge in [0.05, 0.1) is 13.3 Å². The van der Waals surface area contributed by atoms with E-state index >= 15 is 0 Å². The van der Waals surface area contributed by atoms with Crippen molar-refractivity contribution in [2.24, 2.45) is 0 Å². The molecule has 0 saturated heterocycles. The third-order valence-electron chi connectivity index (χ3n) is 3.91. The number of nitrogens with zero attached hydrogens (tertiary/aromatic N) is 2. The first-order chi connectivity index (χ1) is 10.1. The Kier molecular flexibility index (Phi) is 3.95. The molecule has 2 heterocycles. The van der Waals surface area contributed by atoms with E-state index in [-0.39, 0.29) is 12.0 Å². The lowest BCUT2D eigenvalue weighted by atomic mass is 9.93. The minimum atomic E-state index is -0.610. The average molecular weight is 304 g/mol. The van der Waals surface area contributed by atoms with E-state index in [0.717, 1.165) is 11.4 Å². The van der Waals surface area contributed by atoms with Crippen molar-refractivity contribution in [3.63, 3.8) is 0 Å². The highest BCUT2D eigenvalue weighted by atomic mass is 32.2. The fraction of sp³-hybridized carbons (Fsp3) is 0.438. The molecule has 0 amide bonds. The van der Waals surface area contributed by atoms with E-state index in [9.17, 15) is 5.11 Å². The normalized spacial score (nSPS) is 18.8. The molecule has 2 unspecified atom stereocenters. The third kappa shape index (κ3) is 2.45. The number of hydrogen-bond donors (Lipinski definition) is 1. The number of benzene rings is 1. The van der Waals surface area contributed by atoms with Crippen LogP contribution in [0.25, 0.3) is 0 Å². The van der Waals surface area contributed by atoms with Crippen molar-refractivity contribution < 1.29 is 9.84 Å². The Morgan fingerprint density at radius 1 is 1.38 bits per heavy atom. The van der Waals surface area contributed by atoms with Crippen LogP contribution in [-0.2, 0) is 0 Å². The monoisotopic (exact) mass is 304 g/mol.